The van der Waals surface area contributed by atoms with E-state index in [2.05, 4.69) is 9.88 Å². The fraction of sp³-hybridized carbons (Fsp3) is 0.571. The first-order valence-corrected chi connectivity index (χ1v) is 6.42. The van der Waals surface area contributed by atoms with Crippen molar-refractivity contribution in [2.75, 3.05) is 31.7 Å². The molecular formula is C14H20N2O2. The van der Waals surface area contributed by atoms with E-state index in [1.165, 1.54) is 6.42 Å². The highest BCUT2D eigenvalue weighted by Gasteiger charge is 2.17. The molecule has 98 valence electrons. The van der Waals surface area contributed by atoms with Gasteiger partial charge in [0, 0.05) is 32.0 Å². The molecule has 2 rings (SSSR count). The lowest BCUT2D eigenvalue weighted by molar-refractivity contribution is 0.0576. The van der Waals surface area contributed by atoms with Gasteiger partial charge in [-0.15, -0.1) is 0 Å². The van der Waals surface area contributed by atoms with Crippen molar-refractivity contribution in [1.82, 2.24) is 4.98 Å². The van der Waals surface area contributed by atoms with Crippen molar-refractivity contribution in [2.45, 2.75) is 19.8 Å². The van der Waals surface area contributed by atoms with E-state index in [4.69, 9.17) is 4.74 Å². The van der Waals surface area contributed by atoms with Crippen LogP contribution in [0.3, 0.4) is 0 Å². The van der Waals surface area contributed by atoms with Gasteiger partial charge in [0.05, 0.1) is 6.61 Å². The quantitative estimate of drug-likeness (QED) is 0.766. The number of ether oxygens (including phenoxy) is 1. The van der Waals surface area contributed by atoms with Crippen LogP contribution >= 0.6 is 0 Å². The van der Waals surface area contributed by atoms with Crippen LogP contribution in [0.25, 0.3) is 0 Å². The highest BCUT2D eigenvalue weighted by molar-refractivity contribution is 5.94. The van der Waals surface area contributed by atoms with Gasteiger partial charge in [-0.05, 0) is 37.8 Å². The fourth-order valence-corrected chi connectivity index (χ4v) is 2.28. The second-order valence-electron chi connectivity index (χ2n) is 4.92. The molecule has 0 bridgehead atoms. The minimum Gasteiger partial charge on any atom is -0.381 e. The first-order valence-electron chi connectivity index (χ1n) is 6.42. The molecule has 1 aliphatic heterocycles. The topological polar surface area (TPSA) is 42.4 Å². The number of Topliss-reactive ketones (excluding diaryl/α,β-unsaturated/α-hetero) is 1. The number of aromatic nitrogens is 1. The molecular weight excluding hydrogens is 228 g/mol. The number of anilines is 1. The van der Waals surface area contributed by atoms with Crippen LogP contribution in [0.4, 0.5) is 5.82 Å². The van der Waals surface area contributed by atoms with Gasteiger partial charge in [0.1, 0.15) is 5.82 Å². The van der Waals surface area contributed by atoms with Crippen molar-refractivity contribution in [3.05, 3.63) is 23.9 Å². The average Bonchev–Trinajstić information content (AvgIpc) is 2.40. The van der Waals surface area contributed by atoms with Crippen LogP contribution in [-0.4, -0.2) is 37.6 Å². The lowest BCUT2D eigenvalue weighted by Gasteiger charge is -2.27. The maximum Gasteiger partial charge on any atom is 0.159 e. The number of carbonyl (C=O) groups excluding carboxylic acids is 1. The summed E-state index contributed by atoms with van der Waals surface area (Å²) in [5.74, 6) is 1.49. The van der Waals surface area contributed by atoms with Gasteiger partial charge in [0.2, 0.25) is 0 Å². The fourth-order valence-electron chi connectivity index (χ4n) is 2.28. The number of hydrogen-bond acceptors (Lipinski definition) is 4. The Morgan fingerprint density at radius 3 is 3.11 bits per heavy atom. The number of pyridine rings is 1. The minimum atomic E-state index is 0.0769. The molecule has 4 heteroatoms. The van der Waals surface area contributed by atoms with Crippen molar-refractivity contribution in [3.8, 4) is 0 Å². The van der Waals surface area contributed by atoms with E-state index >= 15 is 0 Å². The predicted molar refractivity (Wildman–Crippen MR) is 71.1 cm³/mol. The molecule has 18 heavy (non-hydrogen) atoms. The third kappa shape index (κ3) is 3.29. The first-order chi connectivity index (χ1) is 8.66. The van der Waals surface area contributed by atoms with Crippen molar-refractivity contribution >= 4 is 11.6 Å². The summed E-state index contributed by atoms with van der Waals surface area (Å²) in [7, 11) is 2.01. The molecule has 0 amide bonds. The Labute approximate surface area is 108 Å². The Bertz CT molecular complexity index is 414. The number of hydrogen-bond donors (Lipinski definition) is 0. The standard InChI is InChI=1S/C14H20N2O2/c1-11(17)13-5-6-15-14(8-13)16(2)9-12-4-3-7-18-10-12/h5-6,8,12H,3-4,7,9-10H2,1-2H3. The van der Waals surface area contributed by atoms with Crippen LogP contribution < -0.4 is 4.90 Å². The Morgan fingerprint density at radius 2 is 2.44 bits per heavy atom. The summed E-state index contributed by atoms with van der Waals surface area (Å²) in [4.78, 5) is 17.8. The normalized spacial score (nSPS) is 19.6. The van der Waals surface area contributed by atoms with E-state index in [9.17, 15) is 4.79 Å². The monoisotopic (exact) mass is 248 g/mol. The van der Waals surface area contributed by atoms with Crippen molar-refractivity contribution in [3.63, 3.8) is 0 Å². The molecule has 1 fully saturated rings. The molecule has 2 heterocycles. The van der Waals surface area contributed by atoms with Gasteiger partial charge in [-0.2, -0.15) is 0 Å². The van der Waals surface area contributed by atoms with Crippen molar-refractivity contribution < 1.29 is 9.53 Å². The molecule has 1 unspecified atom stereocenters. The van der Waals surface area contributed by atoms with E-state index < -0.39 is 0 Å². The van der Waals surface area contributed by atoms with Gasteiger partial charge in [0.25, 0.3) is 0 Å². The summed E-state index contributed by atoms with van der Waals surface area (Å²) >= 11 is 0. The van der Waals surface area contributed by atoms with Gasteiger partial charge >= 0.3 is 0 Å². The maximum atomic E-state index is 11.3. The molecule has 1 atom stereocenters. The average molecular weight is 248 g/mol. The summed E-state index contributed by atoms with van der Waals surface area (Å²) in [6.45, 7) is 4.22. The lowest BCUT2D eigenvalue weighted by atomic mass is 10.0. The molecule has 0 spiro atoms. The first kappa shape index (κ1) is 13.0. The number of carbonyl (C=O) groups is 1. The van der Waals surface area contributed by atoms with Gasteiger partial charge in [-0.1, -0.05) is 0 Å². The molecule has 1 aliphatic rings. The van der Waals surface area contributed by atoms with Crippen LogP contribution in [0, 0.1) is 5.92 Å². The molecule has 0 radical (unpaired) electrons. The third-order valence-corrected chi connectivity index (χ3v) is 3.33. The van der Waals surface area contributed by atoms with E-state index in [0.717, 1.165) is 32.0 Å². The van der Waals surface area contributed by atoms with Crippen LogP contribution in [0.1, 0.15) is 30.1 Å². The lowest BCUT2D eigenvalue weighted by Crippen LogP contribution is -2.31. The molecule has 1 aromatic rings. The van der Waals surface area contributed by atoms with E-state index in [-0.39, 0.29) is 5.78 Å². The SMILES string of the molecule is CC(=O)c1ccnc(N(C)CC2CCCOC2)c1. The maximum absolute atomic E-state index is 11.3. The van der Waals surface area contributed by atoms with Gasteiger partial charge in [0.15, 0.2) is 5.78 Å². The smallest absolute Gasteiger partial charge is 0.159 e. The summed E-state index contributed by atoms with van der Waals surface area (Å²) in [5, 5.41) is 0. The Kier molecular flexibility index (Phi) is 4.31. The van der Waals surface area contributed by atoms with Crippen LogP contribution in [0.2, 0.25) is 0 Å². The number of rotatable bonds is 4. The molecule has 0 saturated carbocycles. The van der Waals surface area contributed by atoms with Gasteiger partial charge in [-0.3, -0.25) is 4.79 Å². The highest BCUT2D eigenvalue weighted by atomic mass is 16.5. The zero-order chi connectivity index (χ0) is 13.0. The molecule has 1 saturated heterocycles. The van der Waals surface area contributed by atoms with Crippen LogP contribution in [-0.2, 0) is 4.74 Å². The van der Waals surface area contributed by atoms with E-state index in [0.29, 0.717) is 11.5 Å². The highest BCUT2D eigenvalue weighted by Crippen LogP contribution is 2.18. The zero-order valence-electron chi connectivity index (χ0n) is 11.1. The Hall–Kier alpha value is -1.42. The third-order valence-electron chi connectivity index (χ3n) is 3.33. The van der Waals surface area contributed by atoms with E-state index in [1.807, 2.05) is 13.1 Å². The van der Waals surface area contributed by atoms with E-state index in [1.54, 1.807) is 19.2 Å². The Morgan fingerprint density at radius 1 is 1.61 bits per heavy atom. The van der Waals surface area contributed by atoms with Gasteiger partial charge in [-0.25, -0.2) is 4.98 Å². The summed E-state index contributed by atoms with van der Waals surface area (Å²) in [5.41, 5.74) is 0.715. The van der Waals surface area contributed by atoms with Crippen LogP contribution in [0.15, 0.2) is 18.3 Å². The molecule has 4 nitrogen and oxygen atoms in total. The molecule has 0 aromatic carbocycles. The largest absolute Gasteiger partial charge is 0.381 e. The summed E-state index contributed by atoms with van der Waals surface area (Å²) in [6, 6.07) is 3.61. The van der Waals surface area contributed by atoms with Gasteiger partial charge < -0.3 is 9.64 Å². The number of ketones is 1. The second-order valence-corrected chi connectivity index (χ2v) is 4.92. The molecule has 0 aliphatic carbocycles. The predicted octanol–water partition coefficient (Wildman–Crippen LogP) is 2.15. The number of nitrogens with zero attached hydrogens (tertiary/aromatic N) is 2. The molecule has 0 N–H and O–H groups in total. The summed E-state index contributed by atoms with van der Waals surface area (Å²) in [6.07, 6.45) is 4.04. The zero-order valence-corrected chi connectivity index (χ0v) is 11.1. The van der Waals surface area contributed by atoms with Crippen molar-refractivity contribution in [2.24, 2.45) is 5.92 Å². The summed E-state index contributed by atoms with van der Waals surface area (Å²) < 4.78 is 5.48. The Balaban J connectivity index is 2.01. The second kappa shape index (κ2) is 5.96. The minimum absolute atomic E-state index is 0.0769. The van der Waals surface area contributed by atoms with Crippen LogP contribution in [0.5, 0.6) is 0 Å². The van der Waals surface area contributed by atoms with Crippen molar-refractivity contribution in [1.29, 1.82) is 0 Å². The molecule has 1 aromatic heterocycles.